The lowest BCUT2D eigenvalue weighted by atomic mass is 9.91. The van der Waals surface area contributed by atoms with E-state index < -0.39 is 24.1 Å². The Labute approximate surface area is 173 Å². The summed E-state index contributed by atoms with van der Waals surface area (Å²) < 4.78 is 44.6. The lowest BCUT2D eigenvalue weighted by Crippen LogP contribution is -2.46. The van der Waals surface area contributed by atoms with E-state index in [2.05, 4.69) is 4.98 Å². The van der Waals surface area contributed by atoms with Crippen molar-refractivity contribution in [3.63, 3.8) is 0 Å². The Kier molecular flexibility index (Phi) is 4.97. The highest BCUT2D eigenvalue weighted by Gasteiger charge is 2.56. The Bertz CT molecular complexity index is 1100. The topological polar surface area (TPSA) is 56.1 Å². The number of pyridine rings is 1. The summed E-state index contributed by atoms with van der Waals surface area (Å²) in [6.45, 7) is 3.57. The van der Waals surface area contributed by atoms with Gasteiger partial charge in [0, 0.05) is 11.9 Å². The number of hydrogen-bond acceptors (Lipinski definition) is 5. The van der Waals surface area contributed by atoms with Crippen molar-refractivity contribution in [2.24, 2.45) is 0 Å². The quantitative estimate of drug-likeness (QED) is 0.609. The number of fused-ring (bicyclic) bond motifs is 3. The number of likely N-dealkylation sites (N-methyl/N-ethyl adjacent to an activating group) is 1. The highest BCUT2D eigenvalue weighted by molar-refractivity contribution is 5.72. The van der Waals surface area contributed by atoms with Gasteiger partial charge in [-0.25, -0.2) is 4.98 Å². The maximum Gasteiger partial charge on any atom is 0.320 e. The predicted octanol–water partition coefficient (Wildman–Crippen LogP) is 3.65. The largest absolute Gasteiger partial charge is 0.477 e. The molecule has 1 aliphatic rings. The maximum absolute atomic E-state index is 15.7. The van der Waals surface area contributed by atoms with E-state index in [1.165, 1.54) is 6.07 Å². The van der Waals surface area contributed by atoms with Crippen molar-refractivity contribution >= 4 is 11.6 Å². The molecule has 0 saturated heterocycles. The van der Waals surface area contributed by atoms with Gasteiger partial charge in [-0.1, -0.05) is 30.3 Å². The second-order valence-corrected chi connectivity index (χ2v) is 7.76. The molecule has 158 valence electrons. The van der Waals surface area contributed by atoms with Gasteiger partial charge in [0.05, 0.1) is 17.8 Å². The Morgan fingerprint density at radius 3 is 2.60 bits per heavy atom. The minimum Gasteiger partial charge on any atom is -0.477 e. The molecule has 1 aromatic carbocycles. The van der Waals surface area contributed by atoms with Crippen molar-refractivity contribution in [1.82, 2.24) is 14.3 Å². The van der Waals surface area contributed by atoms with Crippen LogP contribution in [-0.2, 0) is 15.5 Å². The van der Waals surface area contributed by atoms with E-state index in [-0.39, 0.29) is 17.9 Å². The monoisotopic (exact) mass is 415 g/mol. The third kappa shape index (κ3) is 3.31. The van der Waals surface area contributed by atoms with Gasteiger partial charge in [0.25, 0.3) is 0 Å². The van der Waals surface area contributed by atoms with Gasteiger partial charge in [-0.2, -0.15) is 8.78 Å². The average Bonchev–Trinajstić information content (AvgIpc) is 2.98. The summed E-state index contributed by atoms with van der Waals surface area (Å²) in [7, 11) is 3.33. The Morgan fingerprint density at radius 1 is 1.23 bits per heavy atom. The van der Waals surface area contributed by atoms with Crippen LogP contribution >= 0.6 is 0 Å². The Hall–Kier alpha value is -3.00. The number of halogens is 2. The first-order valence-electron chi connectivity index (χ1n) is 9.62. The van der Waals surface area contributed by atoms with Crippen LogP contribution in [0.4, 0.5) is 8.78 Å². The van der Waals surface area contributed by atoms with E-state index in [0.29, 0.717) is 11.2 Å². The molecular formula is C22H23F2N3O3. The molecule has 1 aliphatic heterocycles. The Morgan fingerprint density at radius 2 is 1.93 bits per heavy atom. The average molecular weight is 415 g/mol. The molecule has 0 fully saturated rings. The summed E-state index contributed by atoms with van der Waals surface area (Å²) in [6, 6.07) is 9.92. The zero-order valence-corrected chi connectivity index (χ0v) is 17.2. The van der Waals surface area contributed by atoms with Crippen LogP contribution < -0.4 is 4.74 Å². The minimum atomic E-state index is -3.47. The maximum atomic E-state index is 15.7. The van der Waals surface area contributed by atoms with Crippen molar-refractivity contribution in [2.75, 3.05) is 20.6 Å². The number of hydrogen-bond donors (Lipinski definition) is 0. The molecule has 3 heterocycles. The van der Waals surface area contributed by atoms with Gasteiger partial charge in [-0.3, -0.25) is 9.69 Å². The molecule has 30 heavy (non-hydrogen) atoms. The molecule has 0 unspecified atom stereocenters. The van der Waals surface area contributed by atoms with Crippen LogP contribution in [0.15, 0.2) is 42.6 Å². The van der Waals surface area contributed by atoms with Crippen molar-refractivity contribution in [3.05, 3.63) is 65.1 Å². The SMILES string of the molecule is Cc1nc2c3c(ccn2c1C)C(F)(F)[C@H](OC(=O)CN(C)C)[C@@H](c1ccccc1)O3. The zero-order chi connectivity index (χ0) is 21.6. The van der Waals surface area contributed by atoms with Gasteiger partial charge in [0.15, 0.2) is 17.5 Å². The van der Waals surface area contributed by atoms with E-state index in [9.17, 15) is 4.79 Å². The molecule has 0 amide bonds. The number of ether oxygens (including phenoxy) is 2. The molecule has 8 heteroatoms. The van der Waals surface area contributed by atoms with Gasteiger partial charge >= 0.3 is 11.9 Å². The normalized spacial score (nSPS) is 20.1. The first-order chi connectivity index (χ1) is 14.2. The molecule has 4 rings (SSSR count). The van der Waals surface area contributed by atoms with E-state index in [4.69, 9.17) is 9.47 Å². The molecule has 0 aliphatic carbocycles. The number of esters is 1. The van der Waals surface area contributed by atoms with Gasteiger partial charge in [-0.15, -0.1) is 0 Å². The number of rotatable bonds is 4. The van der Waals surface area contributed by atoms with Crippen LogP contribution in [0.1, 0.15) is 28.6 Å². The van der Waals surface area contributed by atoms with Crippen molar-refractivity contribution < 1.29 is 23.0 Å². The number of carbonyl (C=O) groups is 1. The van der Waals surface area contributed by atoms with Crippen molar-refractivity contribution in [1.29, 1.82) is 0 Å². The first kappa shape index (κ1) is 20.3. The smallest absolute Gasteiger partial charge is 0.320 e. The van der Waals surface area contributed by atoms with Crippen molar-refractivity contribution in [2.45, 2.75) is 32.0 Å². The second-order valence-electron chi connectivity index (χ2n) is 7.76. The first-order valence-corrected chi connectivity index (χ1v) is 9.62. The summed E-state index contributed by atoms with van der Waals surface area (Å²) in [5.41, 5.74) is 2.05. The number of nitrogens with zero attached hydrogens (tertiary/aromatic N) is 3. The van der Waals surface area contributed by atoms with Gasteiger partial charge in [-0.05, 0) is 39.6 Å². The van der Waals surface area contributed by atoms with Gasteiger partial charge < -0.3 is 13.9 Å². The number of benzene rings is 1. The van der Waals surface area contributed by atoms with Crippen LogP contribution in [0, 0.1) is 13.8 Å². The number of aromatic nitrogens is 2. The molecule has 0 saturated carbocycles. The standard InChI is InChI=1S/C22H23F2N3O3/c1-13-14(2)27-11-10-16-19(21(27)25-13)30-18(15-8-6-5-7-9-15)20(22(16,23)24)29-17(28)12-26(3)4/h5-11,18,20H,12H2,1-4H3/t18-,20-/m1/s1. The van der Waals surface area contributed by atoms with Crippen LogP contribution in [0.2, 0.25) is 0 Å². The van der Waals surface area contributed by atoms with Crippen LogP contribution in [0.3, 0.4) is 0 Å². The van der Waals surface area contributed by atoms with Crippen LogP contribution in [0.5, 0.6) is 5.75 Å². The molecule has 0 N–H and O–H groups in total. The molecular weight excluding hydrogens is 392 g/mol. The molecule has 6 nitrogen and oxygen atoms in total. The summed E-state index contributed by atoms with van der Waals surface area (Å²) in [6.07, 6.45) is -1.44. The second kappa shape index (κ2) is 7.36. The fourth-order valence-corrected chi connectivity index (χ4v) is 3.68. The zero-order valence-electron chi connectivity index (χ0n) is 17.2. The molecule has 2 aromatic heterocycles. The van der Waals surface area contributed by atoms with E-state index >= 15 is 8.78 Å². The highest BCUT2D eigenvalue weighted by Crippen LogP contribution is 2.50. The summed E-state index contributed by atoms with van der Waals surface area (Å²) in [4.78, 5) is 18.3. The Balaban J connectivity index is 1.86. The van der Waals surface area contributed by atoms with Crippen LogP contribution in [0.25, 0.3) is 5.65 Å². The number of carbonyl (C=O) groups excluding carboxylic acids is 1. The summed E-state index contributed by atoms with van der Waals surface area (Å²) >= 11 is 0. The highest BCUT2D eigenvalue weighted by atomic mass is 19.3. The summed E-state index contributed by atoms with van der Waals surface area (Å²) in [5.74, 6) is -4.20. The molecule has 2 atom stereocenters. The van der Waals surface area contributed by atoms with E-state index in [1.54, 1.807) is 59.9 Å². The molecule has 3 aromatic rings. The number of imidazole rings is 1. The molecule has 0 radical (unpaired) electrons. The fourth-order valence-electron chi connectivity index (χ4n) is 3.68. The minimum absolute atomic E-state index is 0.00691. The number of aryl methyl sites for hydroxylation is 2. The van der Waals surface area contributed by atoms with E-state index in [1.807, 2.05) is 13.8 Å². The predicted molar refractivity (Wildman–Crippen MR) is 107 cm³/mol. The summed E-state index contributed by atoms with van der Waals surface area (Å²) in [5, 5.41) is 0. The van der Waals surface area contributed by atoms with Crippen LogP contribution in [-0.4, -0.2) is 47.0 Å². The lowest BCUT2D eigenvalue weighted by molar-refractivity contribution is -0.202. The third-order valence-corrected chi connectivity index (χ3v) is 5.29. The lowest BCUT2D eigenvalue weighted by Gasteiger charge is -2.39. The van der Waals surface area contributed by atoms with Gasteiger partial charge in [0.1, 0.15) is 0 Å². The van der Waals surface area contributed by atoms with Crippen molar-refractivity contribution in [3.8, 4) is 5.75 Å². The van der Waals surface area contributed by atoms with Gasteiger partial charge in [0.2, 0.25) is 6.10 Å². The van der Waals surface area contributed by atoms with E-state index in [0.717, 1.165) is 11.4 Å². The third-order valence-electron chi connectivity index (χ3n) is 5.29. The molecule has 0 bridgehead atoms. The molecule has 0 spiro atoms. The fraction of sp³-hybridized carbons (Fsp3) is 0.364. The number of alkyl halides is 2.